The predicted octanol–water partition coefficient (Wildman–Crippen LogP) is 1.99. The van der Waals surface area contributed by atoms with Crippen molar-refractivity contribution in [3.05, 3.63) is 36.2 Å². The minimum atomic E-state index is -0.390. The third-order valence-electron chi connectivity index (χ3n) is 2.36. The van der Waals surface area contributed by atoms with Gasteiger partial charge < -0.3 is 10.5 Å². The number of nitrogens with zero attached hydrogens (tertiary/aromatic N) is 1. The first-order valence-electron chi connectivity index (χ1n) is 5.03. The van der Waals surface area contributed by atoms with Crippen LogP contribution in [0.4, 0.5) is 5.69 Å². The summed E-state index contributed by atoms with van der Waals surface area (Å²) in [6.45, 7) is 2.10. The fourth-order valence-electron chi connectivity index (χ4n) is 1.58. The van der Waals surface area contributed by atoms with E-state index < -0.39 is 5.97 Å². The Morgan fingerprint density at radius 2 is 2.25 bits per heavy atom. The Bertz CT molecular complexity index is 538. The summed E-state index contributed by atoms with van der Waals surface area (Å²) in [6, 6.07) is 5.26. The molecular weight excluding hydrogens is 204 g/mol. The standard InChI is InChI=1S/C12H12N2O2/c1-2-16-12(15)10-4-3-8-7-14-6-5-9(8)11(10)13/h3-7H,2,13H2,1H3. The number of hydrogen-bond acceptors (Lipinski definition) is 4. The Morgan fingerprint density at radius 3 is 3.00 bits per heavy atom. The lowest BCUT2D eigenvalue weighted by Gasteiger charge is -2.07. The predicted molar refractivity (Wildman–Crippen MR) is 62.1 cm³/mol. The Hall–Kier alpha value is -2.10. The van der Waals surface area contributed by atoms with Crippen LogP contribution in [0.2, 0.25) is 0 Å². The molecule has 0 spiro atoms. The van der Waals surface area contributed by atoms with Crippen LogP contribution in [0, 0.1) is 0 Å². The normalized spacial score (nSPS) is 10.3. The van der Waals surface area contributed by atoms with Gasteiger partial charge in [0.05, 0.1) is 17.9 Å². The van der Waals surface area contributed by atoms with Gasteiger partial charge in [-0.25, -0.2) is 4.79 Å². The number of benzene rings is 1. The monoisotopic (exact) mass is 216 g/mol. The fourth-order valence-corrected chi connectivity index (χ4v) is 1.58. The number of carbonyl (C=O) groups is 1. The van der Waals surface area contributed by atoms with Crippen LogP contribution in [0.25, 0.3) is 10.8 Å². The van der Waals surface area contributed by atoms with E-state index in [-0.39, 0.29) is 0 Å². The van der Waals surface area contributed by atoms with Gasteiger partial charge in [0, 0.05) is 23.2 Å². The molecule has 0 saturated carbocycles. The number of hydrogen-bond donors (Lipinski definition) is 1. The van der Waals surface area contributed by atoms with Crippen LogP contribution in [0.15, 0.2) is 30.6 Å². The van der Waals surface area contributed by atoms with Crippen molar-refractivity contribution in [3.63, 3.8) is 0 Å². The van der Waals surface area contributed by atoms with Gasteiger partial charge in [-0.3, -0.25) is 4.98 Å². The van der Waals surface area contributed by atoms with Gasteiger partial charge in [-0.2, -0.15) is 0 Å². The van der Waals surface area contributed by atoms with Gasteiger partial charge in [-0.05, 0) is 19.1 Å². The molecule has 82 valence electrons. The fraction of sp³-hybridized carbons (Fsp3) is 0.167. The molecule has 2 N–H and O–H groups in total. The smallest absolute Gasteiger partial charge is 0.340 e. The van der Waals surface area contributed by atoms with Gasteiger partial charge >= 0.3 is 5.97 Å². The molecular formula is C12H12N2O2. The maximum atomic E-state index is 11.6. The summed E-state index contributed by atoms with van der Waals surface area (Å²) in [5, 5.41) is 1.73. The molecule has 16 heavy (non-hydrogen) atoms. The summed E-state index contributed by atoms with van der Waals surface area (Å²) < 4.78 is 4.92. The van der Waals surface area contributed by atoms with Crippen LogP contribution in [-0.4, -0.2) is 17.6 Å². The third-order valence-corrected chi connectivity index (χ3v) is 2.36. The highest BCUT2D eigenvalue weighted by Crippen LogP contribution is 2.24. The molecule has 4 nitrogen and oxygen atoms in total. The van der Waals surface area contributed by atoms with Crippen LogP contribution in [-0.2, 0) is 4.74 Å². The highest BCUT2D eigenvalue weighted by Gasteiger charge is 2.12. The average Bonchev–Trinajstić information content (AvgIpc) is 2.30. The van der Waals surface area contributed by atoms with Crippen molar-refractivity contribution < 1.29 is 9.53 Å². The molecule has 0 atom stereocenters. The van der Waals surface area contributed by atoms with E-state index in [0.717, 1.165) is 10.8 Å². The molecule has 0 aliphatic rings. The number of esters is 1. The number of aromatic nitrogens is 1. The molecule has 0 bridgehead atoms. The number of anilines is 1. The molecule has 0 aliphatic carbocycles. The van der Waals surface area contributed by atoms with Crippen LogP contribution < -0.4 is 5.73 Å². The Labute approximate surface area is 93.0 Å². The van der Waals surface area contributed by atoms with E-state index in [1.807, 2.05) is 6.07 Å². The van der Waals surface area contributed by atoms with Crippen molar-refractivity contribution in [2.75, 3.05) is 12.3 Å². The van der Waals surface area contributed by atoms with Gasteiger partial charge in [-0.15, -0.1) is 0 Å². The van der Waals surface area contributed by atoms with Gasteiger partial charge in [0.25, 0.3) is 0 Å². The maximum Gasteiger partial charge on any atom is 0.340 e. The van der Waals surface area contributed by atoms with Crippen LogP contribution in [0.1, 0.15) is 17.3 Å². The second kappa shape index (κ2) is 4.18. The second-order valence-electron chi connectivity index (χ2n) is 3.34. The van der Waals surface area contributed by atoms with Gasteiger partial charge in [0.1, 0.15) is 0 Å². The number of pyridine rings is 1. The summed E-state index contributed by atoms with van der Waals surface area (Å²) in [5.74, 6) is -0.390. The largest absolute Gasteiger partial charge is 0.462 e. The van der Waals surface area contributed by atoms with E-state index in [9.17, 15) is 4.79 Å². The Balaban J connectivity index is 2.56. The first-order chi connectivity index (χ1) is 7.74. The van der Waals surface area contributed by atoms with Crippen molar-refractivity contribution in [1.82, 2.24) is 4.98 Å². The number of carbonyl (C=O) groups excluding carboxylic acids is 1. The summed E-state index contributed by atoms with van der Waals surface area (Å²) in [7, 11) is 0. The van der Waals surface area contributed by atoms with Gasteiger partial charge in [0.15, 0.2) is 0 Å². The number of fused-ring (bicyclic) bond motifs is 1. The second-order valence-corrected chi connectivity index (χ2v) is 3.34. The molecule has 0 aliphatic heterocycles. The highest BCUT2D eigenvalue weighted by atomic mass is 16.5. The quantitative estimate of drug-likeness (QED) is 0.616. The summed E-state index contributed by atoms with van der Waals surface area (Å²) in [6.07, 6.45) is 3.36. The van der Waals surface area contributed by atoms with Gasteiger partial charge in [0.2, 0.25) is 0 Å². The lowest BCUT2D eigenvalue weighted by molar-refractivity contribution is 0.0528. The molecule has 4 heteroatoms. The van der Waals surface area contributed by atoms with E-state index in [0.29, 0.717) is 17.9 Å². The zero-order chi connectivity index (χ0) is 11.5. The van der Waals surface area contributed by atoms with E-state index in [2.05, 4.69) is 4.98 Å². The molecule has 2 aromatic rings. The summed E-state index contributed by atoms with van der Waals surface area (Å²) >= 11 is 0. The van der Waals surface area contributed by atoms with Crippen molar-refractivity contribution in [2.45, 2.75) is 6.92 Å². The number of rotatable bonds is 2. The van der Waals surface area contributed by atoms with Crippen molar-refractivity contribution in [1.29, 1.82) is 0 Å². The maximum absolute atomic E-state index is 11.6. The zero-order valence-electron chi connectivity index (χ0n) is 8.93. The molecule has 0 saturated heterocycles. The van der Waals surface area contributed by atoms with E-state index in [4.69, 9.17) is 10.5 Å². The van der Waals surface area contributed by atoms with Crippen LogP contribution in [0.5, 0.6) is 0 Å². The molecule has 0 fully saturated rings. The lowest BCUT2D eigenvalue weighted by atomic mass is 10.1. The Kier molecular flexibility index (Phi) is 2.72. The van der Waals surface area contributed by atoms with Crippen LogP contribution >= 0.6 is 0 Å². The van der Waals surface area contributed by atoms with Crippen molar-refractivity contribution in [2.24, 2.45) is 0 Å². The zero-order valence-corrected chi connectivity index (χ0v) is 8.93. The van der Waals surface area contributed by atoms with Crippen LogP contribution in [0.3, 0.4) is 0 Å². The topological polar surface area (TPSA) is 65.2 Å². The van der Waals surface area contributed by atoms with Gasteiger partial charge in [-0.1, -0.05) is 6.07 Å². The van der Waals surface area contributed by atoms with E-state index >= 15 is 0 Å². The first kappa shape index (κ1) is 10.4. The minimum absolute atomic E-state index is 0.340. The highest BCUT2D eigenvalue weighted by molar-refractivity contribution is 6.05. The summed E-state index contributed by atoms with van der Waals surface area (Å²) in [4.78, 5) is 15.6. The first-order valence-corrected chi connectivity index (χ1v) is 5.03. The van der Waals surface area contributed by atoms with Crippen molar-refractivity contribution in [3.8, 4) is 0 Å². The molecule has 1 aromatic heterocycles. The van der Waals surface area contributed by atoms with Crippen molar-refractivity contribution >= 4 is 22.4 Å². The minimum Gasteiger partial charge on any atom is -0.462 e. The van der Waals surface area contributed by atoms with E-state index in [1.165, 1.54) is 0 Å². The summed E-state index contributed by atoms with van der Waals surface area (Å²) in [5.41, 5.74) is 6.77. The molecule has 0 amide bonds. The molecule has 1 heterocycles. The van der Waals surface area contributed by atoms with E-state index in [1.54, 1.807) is 31.5 Å². The number of ether oxygens (including phenoxy) is 1. The third kappa shape index (κ3) is 1.69. The number of nitrogens with two attached hydrogens (primary N) is 1. The Morgan fingerprint density at radius 1 is 1.44 bits per heavy atom. The average molecular weight is 216 g/mol. The molecule has 0 unspecified atom stereocenters. The SMILES string of the molecule is CCOC(=O)c1ccc2cnccc2c1N. The molecule has 1 aromatic carbocycles. The molecule has 0 radical (unpaired) electrons. The molecule has 2 rings (SSSR count). The number of nitrogen functional groups attached to an aromatic ring is 1. The lowest BCUT2D eigenvalue weighted by Crippen LogP contribution is -2.08.